The Hall–Kier alpha value is -2.98. The average molecular weight is 397 g/mol. The molecule has 3 heterocycles. The molecule has 7 heteroatoms. The minimum Gasteiger partial charge on any atom is -0.460 e. The topological polar surface area (TPSA) is 101 Å². The summed E-state index contributed by atoms with van der Waals surface area (Å²) < 4.78 is 12.5. The van der Waals surface area contributed by atoms with Crippen molar-refractivity contribution in [1.29, 1.82) is 5.26 Å². The predicted octanol–water partition coefficient (Wildman–Crippen LogP) is 3.96. The van der Waals surface area contributed by atoms with Crippen molar-refractivity contribution in [3.63, 3.8) is 0 Å². The zero-order valence-corrected chi connectivity index (χ0v) is 14.8. The maximum atomic E-state index is 9.56. The van der Waals surface area contributed by atoms with Gasteiger partial charge in [-0.05, 0) is 31.2 Å². The van der Waals surface area contributed by atoms with E-state index in [1.807, 2.05) is 43.3 Å². The molecule has 124 valence electrons. The molecule has 1 aromatic carbocycles. The van der Waals surface area contributed by atoms with Crippen LogP contribution in [0.3, 0.4) is 0 Å². The number of H-pyrrole nitrogens is 1. The molecule has 0 saturated heterocycles. The lowest BCUT2D eigenvalue weighted by molar-refractivity contribution is 0.371. The number of allylic oxidation sites excluding steroid dienone is 1. The minimum absolute atomic E-state index is 0.0492. The summed E-state index contributed by atoms with van der Waals surface area (Å²) in [5.41, 5.74) is 8.74. The SMILES string of the molecule is Cc1[nH]nc2c1[C@@H](c1ccc(-c3ccc(Br)cc3)o1)C(C#N)=C(N)O2. The molecule has 1 aliphatic rings. The second kappa shape index (κ2) is 5.83. The van der Waals surface area contributed by atoms with Crippen molar-refractivity contribution < 1.29 is 9.15 Å². The van der Waals surface area contributed by atoms with Crippen molar-refractivity contribution in [3.05, 3.63) is 69.3 Å². The number of fused-ring (bicyclic) bond motifs is 1. The molecule has 0 spiro atoms. The Balaban J connectivity index is 1.82. The number of aryl methyl sites for hydroxylation is 1. The fraction of sp³-hybridized carbons (Fsp3) is 0.111. The van der Waals surface area contributed by atoms with Crippen molar-refractivity contribution in [2.75, 3.05) is 0 Å². The summed E-state index contributed by atoms with van der Waals surface area (Å²) in [5.74, 6) is 1.31. The summed E-state index contributed by atoms with van der Waals surface area (Å²) in [6, 6.07) is 13.7. The molecule has 1 atom stereocenters. The number of benzene rings is 1. The third-order valence-corrected chi connectivity index (χ3v) is 4.70. The molecule has 3 N–H and O–H groups in total. The summed E-state index contributed by atoms with van der Waals surface area (Å²) in [4.78, 5) is 0. The number of nitriles is 1. The molecule has 0 radical (unpaired) electrons. The van der Waals surface area contributed by atoms with E-state index in [-0.39, 0.29) is 5.88 Å². The third kappa shape index (κ3) is 2.51. The van der Waals surface area contributed by atoms with Crippen molar-refractivity contribution in [2.24, 2.45) is 5.73 Å². The van der Waals surface area contributed by atoms with E-state index in [2.05, 4.69) is 32.2 Å². The second-order valence-corrected chi connectivity index (χ2v) is 6.62. The van der Waals surface area contributed by atoms with E-state index in [0.29, 0.717) is 23.0 Å². The first kappa shape index (κ1) is 15.5. The largest absolute Gasteiger partial charge is 0.460 e. The van der Waals surface area contributed by atoms with Crippen LogP contribution in [0.15, 0.2) is 56.7 Å². The Morgan fingerprint density at radius 2 is 2.00 bits per heavy atom. The Labute approximate surface area is 152 Å². The Bertz CT molecular complexity index is 1020. The zero-order chi connectivity index (χ0) is 17.6. The lowest BCUT2D eigenvalue weighted by Gasteiger charge is -2.21. The fourth-order valence-corrected chi connectivity index (χ4v) is 3.22. The van der Waals surface area contributed by atoms with Crippen LogP contribution in [-0.4, -0.2) is 10.2 Å². The van der Waals surface area contributed by atoms with Crippen molar-refractivity contribution in [2.45, 2.75) is 12.8 Å². The normalized spacial score (nSPS) is 16.3. The van der Waals surface area contributed by atoms with Crippen LogP contribution >= 0.6 is 15.9 Å². The molecule has 2 aromatic heterocycles. The van der Waals surface area contributed by atoms with Crippen LogP contribution in [0.5, 0.6) is 5.88 Å². The number of nitrogens with zero attached hydrogens (tertiary/aromatic N) is 2. The van der Waals surface area contributed by atoms with Gasteiger partial charge in [0, 0.05) is 15.7 Å². The maximum absolute atomic E-state index is 9.56. The van der Waals surface area contributed by atoms with E-state index < -0.39 is 5.92 Å². The van der Waals surface area contributed by atoms with Crippen LogP contribution in [0.4, 0.5) is 0 Å². The third-order valence-electron chi connectivity index (χ3n) is 4.17. The van der Waals surface area contributed by atoms with Gasteiger partial charge in [0.2, 0.25) is 11.8 Å². The molecule has 6 nitrogen and oxygen atoms in total. The van der Waals surface area contributed by atoms with Crippen LogP contribution in [-0.2, 0) is 0 Å². The number of nitrogens with two attached hydrogens (primary N) is 1. The van der Waals surface area contributed by atoms with Crippen LogP contribution in [0.25, 0.3) is 11.3 Å². The van der Waals surface area contributed by atoms with E-state index in [4.69, 9.17) is 14.9 Å². The Morgan fingerprint density at radius 3 is 2.72 bits per heavy atom. The number of furan rings is 1. The molecule has 0 amide bonds. The van der Waals surface area contributed by atoms with Crippen molar-refractivity contribution in [3.8, 4) is 23.3 Å². The highest BCUT2D eigenvalue weighted by Crippen LogP contribution is 2.43. The van der Waals surface area contributed by atoms with Gasteiger partial charge in [0.25, 0.3) is 0 Å². The van der Waals surface area contributed by atoms with Gasteiger partial charge < -0.3 is 14.9 Å². The molecule has 0 bridgehead atoms. The van der Waals surface area contributed by atoms with Gasteiger partial charge in [-0.3, -0.25) is 5.10 Å². The Morgan fingerprint density at radius 1 is 1.24 bits per heavy atom. The van der Waals surface area contributed by atoms with Gasteiger partial charge in [-0.25, -0.2) is 0 Å². The summed E-state index contributed by atoms with van der Waals surface area (Å²) in [6.45, 7) is 1.87. The highest BCUT2D eigenvalue weighted by Gasteiger charge is 2.36. The van der Waals surface area contributed by atoms with Gasteiger partial charge in [-0.15, -0.1) is 5.10 Å². The van der Waals surface area contributed by atoms with Gasteiger partial charge in [0.15, 0.2) is 0 Å². The number of rotatable bonds is 2. The average Bonchev–Trinajstić information content (AvgIpc) is 3.22. The first-order valence-electron chi connectivity index (χ1n) is 7.56. The van der Waals surface area contributed by atoms with E-state index in [1.54, 1.807) is 0 Å². The van der Waals surface area contributed by atoms with Crippen LogP contribution in [0, 0.1) is 18.3 Å². The summed E-state index contributed by atoms with van der Waals surface area (Å²) in [6.07, 6.45) is 0. The monoisotopic (exact) mass is 396 g/mol. The molecule has 25 heavy (non-hydrogen) atoms. The number of aromatic amines is 1. The van der Waals surface area contributed by atoms with Gasteiger partial charge in [-0.1, -0.05) is 28.1 Å². The van der Waals surface area contributed by atoms with Gasteiger partial charge in [0.1, 0.15) is 23.2 Å². The molecule has 0 fully saturated rings. The van der Waals surface area contributed by atoms with Crippen LogP contribution in [0.2, 0.25) is 0 Å². The molecule has 0 unspecified atom stereocenters. The standard InChI is InChI=1S/C18H13BrN4O2/c1-9-15-16(12(8-20)17(21)25-18(15)23-22-9)14-7-6-13(24-14)10-2-4-11(19)5-3-10/h2-7,16H,21H2,1H3,(H,22,23)/t16-/m1/s1. The van der Waals surface area contributed by atoms with Crippen molar-refractivity contribution in [1.82, 2.24) is 10.2 Å². The zero-order valence-electron chi connectivity index (χ0n) is 13.2. The Kier molecular flexibility index (Phi) is 3.62. The van der Waals surface area contributed by atoms with Gasteiger partial charge in [0.05, 0.1) is 11.5 Å². The van der Waals surface area contributed by atoms with E-state index in [9.17, 15) is 5.26 Å². The highest BCUT2D eigenvalue weighted by atomic mass is 79.9. The number of ether oxygens (including phenoxy) is 1. The van der Waals surface area contributed by atoms with Gasteiger partial charge >= 0.3 is 0 Å². The molecule has 4 rings (SSSR count). The number of hydrogen-bond acceptors (Lipinski definition) is 5. The highest BCUT2D eigenvalue weighted by molar-refractivity contribution is 9.10. The lowest BCUT2D eigenvalue weighted by Crippen LogP contribution is -2.20. The number of halogens is 1. The first-order valence-corrected chi connectivity index (χ1v) is 8.36. The molecule has 0 aliphatic carbocycles. The van der Waals surface area contributed by atoms with Crippen LogP contribution < -0.4 is 10.5 Å². The molecule has 3 aromatic rings. The maximum Gasteiger partial charge on any atom is 0.244 e. The van der Waals surface area contributed by atoms with Crippen LogP contribution in [0.1, 0.15) is 22.9 Å². The molecule has 1 aliphatic heterocycles. The van der Waals surface area contributed by atoms with E-state index in [1.165, 1.54) is 0 Å². The number of hydrogen-bond donors (Lipinski definition) is 2. The number of nitrogens with one attached hydrogen (secondary N) is 1. The predicted molar refractivity (Wildman–Crippen MR) is 94.5 cm³/mol. The molecular formula is C18H13BrN4O2. The summed E-state index contributed by atoms with van der Waals surface area (Å²) >= 11 is 3.42. The number of aromatic nitrogens is 2. The first-order chi connectivity index (χ1) is 12.1. The smallest absolute Gasteiger partial charge is 0.244 e. The quantitative estimate of drug-likeness (QED) is 0.682. The van der Waals surface area contributed by atoms with Gasteiger partial charge in [-0.2, -0.15) is 5.26 Å². The second-order valence-electron chi connectivity index (χ2n) is 5.70. The fourth-order valence-electron chi connectivity index (χ4n) is 2.96. The molecular weight excluding hydrogens is 384 g/mol. The molecule has 0 saturated carbocycles. The summed E-state index contributed by atoms with van der Waals surface area (Å²) in [5, 5.41) is 16.5. The lowest BCUT2D eigenvalue weighted by atomic mass is 9.88. The summed E-state index contributed by atoms with van der Waals surface area (Å²) in [7, 11) is 0. The van der Waals surface area contributed by atoms with E-state index >= 15 is 0 Å². The van der Waals surface area contributed by atoms with E-state index in [0.717, 1.165) is 21.3 Å². The van der Waals surface area contributed by atoms with Crippen molar-refractivity contribution >= 4 is 15.9 Å². The minimum atomic E-state index is -0.448.